The minimum atomic E-state index is -0.0734. The van der Waals surface area contributed by atoms with Gasteiger partial charge in [0, 0.05) is 12.6 Å². The summed E-state index contributed by atoms with van der Waals surface area (Å²) in [4.78, 5) is 0. The van der Waals surface area contributed by atoms with Crippen molar-refractivity contribution in [1.29, 1.82) is 0 Å². The van der Waals surface area contributed by atoms with Crippen LogP contribution in [0.4, 0.5) is 0 Å². The summed E-state index contributed by atoms with van der Waals surface area (Å²) in [6.07, 6.45) is 0. The van der Waals surface area contributed by atoms with Gasteiger partial charge in [0.15, 0.2) is 0 Å². The Morgan fingerprint density at radius 2 is 1.92 bits per heavy atom. The highest BCUT2D eigenvalue weighted by Crippen LogP contribution is 2.15. The fraction of sp³-hybridized carbons (Fsp3) is 0.400. The van der Waals surface area contributed by atoms with Gasteiger partial charge in [0.1, 0.15) is 5.75 Å². The van der Waals surface area contributed by atoms with E-state index < -0.39 is 0 Å². The molecular weight excluding hydrogens is 164 g/mol. The van der Waals surface area contributed by atoms with Crippen molar-refractivity contribution >= 4 is 0 Å². The van der Waals surface area contributed by atoms with E-state index >= 15 is 0 Å². The van der Waals surface area contributed by atoms with Crippen LogP contribution in [-0.4, -0.2) is 13.2 Å². The van der Waals surface area contributed by atoms with Crippen LogP contribution in [0.15, 0.2) is 24.3 Å². The van der Waals surface area contributed by atoms with Crippen LogP contribution in [-0.2, 0) is 0 Å². The molecule has 13 heavy (non-hydrogen) atoms. The second-order valence-corrected chi connectivity index (χ2v) is 2.84. The van der Waals surface area contributed by atoms with Gasteiger partial charge in [-0.05, 0) is 24.6 Å². The summed E-state index contributed by atoms with van der Waals surface area (Å²) in [6, 6.07) is 7.64. The van der Waals surface area contributed by atoms with Gasteiger partial charge in [0.05, 0.1) is 6.61 Å². The Bertz CT molecular complexity index is 246. The quantitative estimate of drug-likeness (QED) is 0.728. The summed E-state index contributed by atoms with van der Waals surface area (Å²) in [5.74, 6) is 0.871. The smallest absolute Gasteiger partial charge is 0.119 e. The maximum absolute atomic E-state index is 5.75. The van der Waals surface area contributed by atoms with Crippen LogP contribution in [0.1, 0.15) is 18.5 Å². The van der Waals surface area contributed by atoms with Gasteiger partial charge in [-0.15, -0.1) is 0 Å². The molecule has 0 aliphatic rings. The first-order chi connectivity index (χ1) is 6.27. The third-order valence-electron chi connectivity index (χ3n) is 1.87. The number of ether oxygens (including phenoxy) is 1. The predicted molar refractivity (Wildman–Crippen MR) is 53.6 cm³/mol. The highest BCUT2D eigenvalue weighted by Gasteiger charge is 2.02. The molecule has 1 atom stereocenters. The molecule has 0 aliphatic carbocycles. The Hall–Kier alpha value is -1.06. The van der Waals surface area contributed by atoms with Crippen molar-refractivity contribution in [2.24, 2.45) is 11.5 Å². The molecule has 3 heteroatoms. The van der Waals surface area contributed by atoms with Crippen LogP contribution in [0.5, 0.6) is 5.75 Å². The van der Waals surface area contributed by atoms with Crippen LogP contribution >= 0.6 is 0 Å². The molecule has 0 fully saturated rings. The predicted octanol–water partition coefficient (Wildman–Crippen LogP) is 1.04. The van der Waals surface area contributed by atoms with Crippen LogP contribution < -0.4 is 16.2 Å². The molecule has 0 aliphatic heterocycles. The Morgan fingerprint density at radius 1 is 1.31 bits per heavy atom. The molecule has 0 aromatic heterocycles. The monoisotopic (exact) mass is 180 g/mol. The van der Waals surface area contributed by atoms with Crippen molar-refractivity contribution < 1.29 is 4.74 Å². The zero-order valence-corrected chi connectivity index (χ0v) is 7.86. The molecule has 0 radical (unpaired) electrons. The molecule has 1 aromatic rings. The molecule has 0 heterocycles. The lowest BCUT2D eigenvalue weighted by Gasteiger charge is -2.09. The Morgan fingerprint density at radius 3 is 2.38 bits per heavy atom. The number of nitrogens with two attached hydrogens (primary N) is 2. The highest BCUT2D eigenvalue weighted by atomic mass is 16.5. The number of hydrogen-bond acceptors (Lipinski definition) is 3. The molecule has 0 amide bonds. The van der Waals surface area contributed by atoms with E-state index in [2.05, 4.69) is 0 Å². The topological polar surface area (TPSA) is 61.3 Å². The summed E-state index contributed by atoms with van der Waals surface area (Å²) in [7, 11) is 0. The lowest BCUT2D eigenvalue weighted by atomic mass is 10.1. The first kappa shape index (κ1) is 10.0. The Labute approximate surface area is 78.7 Å². The van der Waals surface area contributed by atoms with Gasteiger partial charge in [0.2, 0.25) is 0 Å². The lowest BCUT2D eigenvalue weighted by Crippen LogP contribution is -2.20. The number of rotatable bonds is 4. The van der Waals surface area contributed by atoms with Gasteiger partial charge in [-0.25, -0.2) is 0 Å². The van der Waals surface area contributed by atoms with Crippen molar-refractivity contribution in [3.8, 4) is 5.75 Å². The minimum absolute atomic E-state index is 0.0734. The molecular formula is C10H16N2O. The Kier molecular flexibility index (Phi) is 3.73. The Balaban J connectivity index is 2.69. The molecule has 0 saturated carbocycles. The zero-order chi connectivity index (χ0) is 9.68. The second-order valence-electron chi connectivity index (χ2n) is 2.84. The summed E-state index contributed by atoms with van der Waals surface area (Å²) in [5, 5.41) is 0. The fourth-order valence-electron chi connectivity index (χ4n) is 1.11. The van der Waals surface area contributed by atoms with E-state index in [0.717, 1.165) is 11.3 Å². The maximum Gasteiger partial charge on any atom is 0.119 e. The van der Waals surface area contributed by atoms with Gasteiger partial charge >= 0.3 is 0 Å². The standard InChI is InChI=1S/C10H16N2O/c1-2-13-9-5-3-8(4-6-9)10(12)7-11/h3-6,10H,2,7,11-12H2,1H3. The second kappa shape index (κ2) is 4.84. The summed E-state index contributed by atoms with van der Waals surface area (Å²) < 4.78 is 5.30. The maximum atomic E-state index is 5.75. The summed E-state index contributed by atoms with van der Waals surface area (Å²) >= 11 is 0. The van der Waals surface area contributed by atoms with E-state index in [4.69, 9.17) is 16.2 Å². The van der Waals surface area contributed by atoms with Gasteiger partial charge in [0.25, 0.3) is 0 Å². The van der Waals surface area contributed by atoms with E-state index in [1.165, 1.54) is 0 Å². The van der Waals surface area contributed by atoms with E-state index in [9.17, 15) is 0 Å². The molecule has 1 unspecified atom stereocenters. The molecule has 72 valence electrons. The highest BCUT2D eigenvalue weighted by molar-refractivity contribution is 5.29. The first-order valence-corrected chi connectivity index (χ1v) is 4.46. The fourth-order valence-corrected chi connectivity index (χ4v) is 1.11. The summed E-state index contributed by atoms with van der Waals surface area (Å²) in [5.41, 5.74) is 12.2. The normalized spacial score (nSPS) is 12.5. The molecule has 1 aromatic carbocycles. The summed E-state index contributed by atoms with van der Waals surface area (Å²) in [6.45, 7) is 3.11. The molecule has 0 spiro atoms. The molecule has 0 bridgehead atoms. The average Bonchev–Trinajstić information content (AvgIpc) is 2.18. The van der Waals surface area contributed by atoms with Crippen molar-refractivity contribution in [3.05, 3.63) is 29.8 Å². The van der Waals surface area contributed by atoms with Gasteiger partial charge in [-0.3, -0.25) is 0 Å². The van der Waals surface area contributed by atoms with Gasteiger partial charge in [-0.2, -0.15) is 0 Å². The van der Waals surface area contributed by atoms with Gasteiger partial charge < -0.3 is 16.2 Å². The first-order valence-electron chi connectivity index (χ1n) is 4.46. The van der Waals surface area contributed by atoms with Gasteiger partial charge in [-0.1, -0.05) is 12.1 Å². The third-order valence-corrected chi connectivity index (χ3v) is 1.87. The van der Waals surface area contributed by atoms with Crippen molar-refractivity contribution in [2.75, 3.05) is 13.2 Å². The average molecular weight is 180 g/mol. The molecule has 3 nitrogen and oxygen atoms in total. The van der Waals surface area contributed by atoms with Crippen LogP contribution in [0.2, 0.25) is 0 Å². The van der Waals surface area contributed by atoms with E-state index in [0.29, 0.717) is 13.2 Å². The van der Waals surface area contributed by atoms with Crippen LogP contribution in [0.3, 0.4) is 0 Å². The van der Waals surface area contributed by atoms with Crippen LogP contribution in [0, 0.1) is 0 Å². The van der Waals surface area contributed by atoms with Crippen molar-refractivity contribution in [3.63, 3.8) is 0 Å². The van der Waals surface area contributed by atoms with Crippen LogP contribution in [0.25, 0.3) is 0 Å². The zero-order valence-electron chi connectivity index (χ0n) is 7.86. The van der Waals surface area contributed by atoms with Crippen molar-refractivity contribution in [1.82, 2.24) is 0 Å². The van der Waals surface area contributed by atoms with E-state index in [1.807, 2.05) is 31.2 Å². The molecule has 0 saturated heterocycles. The number of benzene rings is 1. The molecule has 1 rings (SSSR count). The third kappa shape index (κ3) is 2.72. The van der Waals surface area contributed by atoms with E-state index in [1.54, 1.807) is 0 Å². The largest absolute Gasteiger partial charge is 0.494 e. The number of hydrogen-bond donors (Lipinski definition) is 2. The SMILES string of the molecule is CCOc1ccc(C(N)CN)cc1. The van der Waals surface area contributed by atoms with E-state index in [-0.39, 0.29) is 6.04 Å². The van der Waals surface area contributed by atoms with Crippen molar-refractivity contribution in [2.45, 2.75) is 13.0 Å². The lowest BCUT2D eigenvalue weighted by molar-refractivity contribution is 0.340. The minimum Gasteiger partial charge on any atom is -0.494 e. The molecule has 4 N–H and O–H groups in total.